The molecule has 1 fully saturated rings. The number of nitrogens with one attached hydrogen (secondary N) is 1. The first kappa shape index (κ1) is 12.4. The second-order valence-corrected chi connectivity index (χ2v) is 5.00. The lowest BCUT2D eigenvalue weighted by molar-refractivity contribution is -0.130. The first-order valence-corrected chi connectivity index (χ1v) is 6.62. The Labute approximate surface area is 115 Å². The molecular weight excluding hydrogens is 266 g/mol. The molecule has 0 aliphatic carbocycles. The Morgan fingerprint density at radius 1 is 1.63 bits per heavy atom. The van der Waals surface area contributed by atoms with Gasteiger partial charge in [-0.3, -0.25) is 4.79 Å². The van der Waals surface area contributed by atoms with Gasteiger partial charge < -0.3 is 14.5 Å². The molecule has 5 nitrogen and oxygen atoms in total. The zero-order valence-corrected chi connectivity index (χ0v) is 11.1. The van der Waals surface area contributed by atoms with Crippen molar-refractivity contribution in [1.29, 1.82) is 0 Å². The smallest absolute Gasteiger partial charge is 0.249 e. The molecule has 0 bridgehead atoms. The van der Waals surface area contributed by atoms with Gasteiger partial charge in [0.1, 0.15) is 11.8 Å². The van der Waals surface area contributed by atoms with Crippen molar-refractivity contribution in [2.75, 3.05) is 6.61 Å². The summed E-state index contributed by atoms with van der Waals surface area (Å²) in [6, 6.07) is 3.58. The molecule has 2 aromatic rings. The van der Waals surface area contributed by atoms with E-state index in [-0.39, 0.29) is 12.0 Å². The molecule has 3 heterocycles. The van der Waals surface area contributed by atoms with Crippen LogP contribution in [-0.4, -0.2) is 28.0 Å². The van der Waals surface area contributed by atoms with E-state index >= 15 is 0 Å². The molecule has 6 heteroatoms. The summed E-state index contributed by atoms with van der Waals surface area (Å²) in [5.41, 5.74) is 1.57. The number of rotatable bonds is 3. The third-order valence-electron chi connectivity index (χ3n) is 3.14. The topological polar surface area (TPSA) is 55.6 Å². The zero-order chi connectivity index (χ0) is 13.2. The summed E-state index contributed by atoms with van der Waals surface area (Å²) >= 11 is 5.90. The number of hydrogen-bond donors (Lipinski definition) is 1. The average Bonchev–Trinajstić information content (AvgIpc) is 3.04. The lowest BCUT2D eigenvalue weighted by Gasteiger charge is -2.08. The van der Waals surface area contributed by atoms with Crippen LogP contribution >= 0.6 is 11.6 Å². The molecule has 100 valence electrons. The van der Waals surface area contributed by atoms with Crippen molar-refractivity contribution in [2.24, 2.45) is 0 Å². The van der Waals surface area contributed by atoms with Crippen LogP contribution in [0.25, 0.3) is 5.65 Å². The second-order valence-electron chi connectivity index (χ2n) is 4.56. The molecule has 1 amide bonds. The first-order chi connectivity index (χ1) is 9.22. The summed E-state index contributed by atoms with van der Waals surface area (Å²) in [6.07, 6.45) is 5.17. The van der Waals surface area contributed by atoms with Gasteiger partial charge in [0.05, 0.1) is 12.2 Å². The SMILES string of the molecule is O=C(NCc1cn2ccc(Cl)cc2n1)C1CCCO1. The summed E-state index contributed by atoms with van der Waals surface area (Å²) in [5, 5.41) is 3.49. The summed E-state index contributed by atoms with van der Waals surface area (Å²) in [7, 11) is 0. The molecule has 1 aliphatic heterocycles. The van der Waals surface area contributed by atoms with Gasteiger partial charge in [-0.1, -0.05) is 11.6 Å². The van der Waals surface area contributed by atoms with Gasteiger partial charge >= 0.3 is 0 Å². The number of imidazole rings is 1. The third-order valence-corrected chi connectivity index (χ3v) is 3.37. The summed E-state index contributed by atoms with van der Waals surface area (Å²) in [4.78, 5) is 16.2. The average molecular weight is 280 g/mol. The highest BCUT2D eigenvalue weighted by atomic mass is 35.5. The van der Waals surface area contributed by atoms with Crippen molar-refractivity contribution < 1.29 is 9.53 Å². The van der Waals surface area contributed by atoms with Crippen LogP contribution in [0, 0.1) is 0 Å². The predicted octanol–water partition coefficient (Wildman–Crippen LogP) is 1.78. The fraction of sp³-hybridized carbons (Fsp3) is 0.385. The monoisotopic (exact) mass is 279 g/mol. The van der Waals surface area contributed by atoms with E-state index in [0.29, 0.717) is 18.2 Å². The number of carbonyl (C=O) groups excluding carboxylic acids is 1. The van der Waals surface area contributed by atoms with Crippen molar-refractivity contribution >= 4 is 23.2 Å². The maximum atomic E-state index is 11.8. The van der Waals surface area contributed by atoms with Gasteiger partial charge in [-0.2, -0.15) is 0 Å². The highest BCUT2D eigenvalue weighted by Crippen LogP contribution is 2.14. The normalized spacial score (nSPS) is 18.9. The van der Waals surface area contributed by atoms with Gasteiger partial charge in [0.2, 0.25) is 5.91 Å². The highest BCUT2D eigenvalue weighted by molar-refractivity contribution is 6.30. The minimum atomic E-state index is -0.300. The summed E-state index contributed by atoms with van der Waals surface area (Å²) in [6.45, 7) is 1.07. The van der Waals surface area contributed by atoms with Crippen molar-refractivity contribution in [2.45, 2.75) is 25.5 Å². The molecule has 2 aromatic heterocycles. The van der Waals surface area contributed by atoms with Crippen molar-refractivity contribution in [3.63, 3.8) is 0 Å². The quantitative estimate of drug-likeness (QED) is 0.932. The molecule has 0 saturated carbocycles. The molecule has 19 heavy (non-hydrogen) atoms. The summed E-state index contributed by atoms with van der Waals surface area (Å²) in [5.74, 6) is -0.0624. The van der Waals surface area contributed by atoms with Gasteiger partial charge in [-0.05, 0) is 25.0 Å². The molecule has 1 atom stereocenters. The Hall–Kier alpha value is -1.59. The number of ether oxygens (including phenoxy) is 1. The van der Waals surface area contributed by atoms with E-state index in [0.717, 1.165) is 24.2 Å². The Bertz CT molecular complexity index is 605. The van der Waals surface area contributed by atoms with Crippen molar-refractivity contribution in [3.8, 4) is 0 Å². The number of carbonyl (C=O) groups is 1. The molecule has 1 unspecified atom stereocenters. The Kier molecular flexibility index (Phi) is 3.40. The van der Waals surface area contributed by atoms with Crippen LogP contribution in [0.1, 0.15) is 18.5 Å². The van der Waals surface area contributed by atoms with Gasteiger partial charge in [-0.15, -0.1) is 0 Å². The maximum Gasteiger partial charge on any atom is 0.249 e. The number of halogens is 1. The van der Waals surface area contributed by atoms with E-state index in [1.54, 1.807) is 12.1 Å². The van der Waals surface area contributed by atoms with Crippen LogP contribution in [0.3, 0.4) is 0 Å². The van der Waals surface area contributed by atoms with E-state index in [4.69, 9.17) is 16.3 Å². The minimum absolute atomic E-state index is 0.0624. The number of fused-ring (bicyclic) bond motifs is 1. The number of amides is 1. The van der Waals surface area contributed by atoms with Gasteiger partial charge in [0.15, 0.2) is 0 Å². The van der Waals surface area contributed by atoms with Crippen LogP contribution in [0.15, 0.2) is 24.5 Å². The standard InChI is InChI=1S/C13H14ClN3O2/c14-9-3-4-17-8-10(16-12(17)6-9)7-15-13(18)11-2-1-5-19-11/h3-4,6,8,11H,1-2,5,7H2,(H,15,18). The molecule has 0 spiro atoms. The van der Waals surface area contributed by atoms with Crippen LogP contribution in [0.4, 0.5) is 0 Å². The van der Waals surface area contributed by atoms with E-state index in [9.17, 15) is 4.79 Å². The van der Waals surface area contributed by atoms with Gasteiger partial charge in [-0.25, -0.2) is 4.98 Å². The van der Waals surface area contributed by atoms with E-state index in [1.165, 1.54) is 0 Å². The molecule has 0 aromatic carbocycles. The fourth-order valence-corrected chi connectivity index (χ4v) is 2.32. The van der Waals surface area contributed by atoms with Crippen molar-refractivity contribution in [3.05, 3.63) is 35.2 Å². The van der Waals surface area contributed by atoms with E-state index in [1.807, 2.05) is 16.8 Å². The molecule has 1 aliphatic rings. The number of pyridine rings is 1. The first-order valence-electron chi connectivity index (χ1n) is 6.25. The lowest BCUT2D eigenvalue weighted by Crippen LogP contribution is -2.33. The number of hydrogen-bond acceptors (Lipinski definition) is 3. The third kappa shape index (κ3) is 2.72. The van der Waals surface area contributed by atoms with Gasteiger partial charge in [0.25, 0.3) is 0 Å². The predicted molar refractivity (Wildman–Crippen MR) is 71.0 cm³/mol. The molecule has 0 radical (unpaired) electrons. The molecular formula is C13H14ClN3O2. The van der Waals surface area contributed by atoms with Crippen LogP contribution in [-0.2, 0) is 16.1 Å². The fourth-order valence-electron chi connectivity index (χ4n) is 2.17. The molecule has 1 saturated heterocycles. The van der Waals surface area contributed by atoms with Crippen LogP contribution in [0.5, 0.6) is 0 Å². The lowest BCUT2D eigenvalue weighted by atomic mass is 10.2. The largest absolute Gasteiger partial charge is 0.368 e. The Morgan fingerprint density at radius 3 is 3.32 bits per heavy atom. The molecule has 1 N–H and O–H groups in total. The summed E-state index contributed by atoms with van der Waals surface area (Å²) < 4.78 is 7.20. The Morgan fingerprint density at radius 2 is 2.53 bits per heavy atom. The number of aromatic nitrogens is 2. The second kappa shape index (κ2) is 5.19. The Balaban J connectivity index is 1.66. The zero-order valence-electron chi connectivity index (χ0n) is 10.3. The van der Waals surface area contributed by atoms with Crippen LogP contribution < -0.4 is 5.32 Å². The van der Waals surface area contributed by atoms with E-state index < -0.39 is 0 Å². The number of nitrogens with zero attached hydrogens (tertiary/aromatic N) is 2. The molecule has 3 rings (SSSR count). The highest BCUT2D eigenvalue weighted by Gasteiger charge is 2.23. The van der Waals surface area contributed by atoms with E-state index in [2.05, 4.69) is 10.3 Å². The maximum absolute atomic E-state index is 11.8. The van der Waals surface area contributed by atoms with Crippen molar-refractivity contribution in [1.82, 2.24) is 14.7 Å². The minimum Gasteiger partial charge on any atom is -0.368 e. The van der Waals surface area contributed by atoms with Gasteiger partial charge in [0, 0.05) is 24.0 Å². The van der Waals surface area contributed by atoms with Crippen LogP contribution in [0.2, 0.25) is 5.02 Å².